The van der Waals surface area contributed by atoms with Gasteiger partial charge in [-0.25, -0.2) is 0 Å². The summed E-state index contributed by atoms with van der Waals surface area (Å²) in [5.41, 5.74) is 1.98. The topological polar surface area (TPSA) is 94.4 Å². The van der Waals surface area contributed by atoms with Gasteiger partial charge in [0.2, 0.25) is 0 Å². The summed E-state index contributed by atoms with van der Waals surface area (Å²) in [4.78, 5) is 2.17. The molecule has 136 valence electrons. The molecule has 0 spiro atoms. The molecule has 1 N–H and O–H groups in total. The maximum atomic E-state index is 9.84. The first-order valence-electron chi connectivity index (χ1n) is 8.79. The number of nitrogens with one attached hydrogen (secondary N) is 1. The normalized spacial score (nSPS) is 16.1. The molecule has 0 radical (unpaired) electrons. The maximum absolute atomic E-state index is 9.84. The van der Waals surface area contributed by atoms with Crippen LogP contribution in [0, 0.1) is 16.7 Å². The molecular weight excluding hydrogens is 362 g/mol. The Kier molecular flexibility index (Phi) is 4.73. The highest BCUT2D eigenvalue weighted by Crippen LogP contribution is 2.37. The fraction of sp³-hybridized carbons (Fsp3) is 0.316. The van der Waals surface area contributed by atoms with Gasteiger partial charge in [0.15, 0.2) is 5.82 Å². The Morgan fingerprint density at radius 1 is 1.11 bits per heavy atom. The number of nitrogens with zero attached hydrogens (tertiary/aromatic N) is 6. The lowest BCUT2D eigenvalue weighted by molar-refractivity contribution is 0.301. The molecule has 0 aliphatic carbocycles. The second-order valence-corrected chi connectivity index (χ2v) is 7.19. The summed E-state index contributed by atoms with van der Waals surface area (Å²) in [6.07, 6.45) is 3.82. The Hall–Kier alpha value is -2.98. The molecular formula is C19H18ClN7. The number of aromatic nitrogens is 5. The van der Waals surface area contributed by atoms with Gasteiger partial charge in [-0.2, -0.15) is 20.7 Å². The number of nitriles is 1. The molecule has 4 rings (SSSR count). The minimum absolute atomic E-state index is 0.393. The summed E-state index contributed by atoms with van der Waals surface area (Å²) >= 11 is 6.29. The molecule has 0 unspecified atom stereocenters. The van der Waals surface area contributed by atoms with Crippen LogP contribution in [0.3, 0.4) is 0 Å². The summed E-state index contributed by atoms with van der Waals surface area (Å²) in [6.45, 7) is 1.52. The van der Waals surface area contributed by atoms with Crippen LogP contribution in [-0.4, -0.2) is 38.7 Å². The van der Waals surface area contributed by atoms with Crippen molar-refractivity contribution in [2.24, 2.45) is 5.41 Å². The number of aromatic amines is 1. The van der Waals surface area contributed by atoms with E-state index in [1.165, 1.54) is 0 Å². The third-order valence-electron chi connectivity index (χ3n) is 5.10. The number of rotatable bonds is 4. The lowest BCUT2D eigenvalue weighted by Gasteiger charge is -2.38. The minimum Gasteiger partial charge on any atom is -0.355 e. The molecule has 1 saturated heterocycles. The largest absolute Gasteiger partial charge is 0.355 e. The highest BCUT2D eigenvalue weighted by molar-refractivity contribution is 6.31. The van der Waals surface area contributed by atoms with E-state index in [2.05, 4.69) is 36.6 Å². The van der Waals surface area contributed by atoms with Crippen molar-refractivity contribution >= 4 is 17.4 Å². The van der Waals surface area contributed by atoms with Gasteiger partial charge >= 0.3 is 0 Å². The predicted molar refractivity (Wildman–Crippen MR) is 102 cm³/mol. The van der Waals surface area contributed by atoms with Crippen molar-refractivity contribution in [1.82, 2.24) is 25.6 Å². The fourth-order valence-electron chi connectivity index (χ4n) is 3.45. The first kappa shape index (κ1) is 17.4. The van der Waals surface area contributed by atoms with E-state index in [4.69, 9.17) is 11.6 Å². The lowest BCUT2D eigenvalue weighted by atomic mass is 9.75. The van der Waals surface area contributed by atoms with Gasteiger partial charge in [0.1, 0.15) is 11.4 Å². The Morgan fingerprint density at radius 3 is 2.56 bits per heavy atom. The fourth-order valence-corrected chi connectivity index (χ4v) is 3.66. The summed E-state index contributed by atoms with van der Waals surface area (Å²) in [5.74, 6) is 0.812. The van der Waals surface area contributed by atoms with E-state index in [1.807, 2.05) is 36.4 Å². The van der Waals surface area contributed by atoms with Crippen LogP contribution < -0.4 is 4.90 Å². The predicted octanol–water partition coefficient (Wildman–Crippen LogP) is 3.27. The quantitative estimate of drug-likeness (QED) is 0.747. The molecule has 27 heavy (non-hydrogen) atoms. The summed E-state index contributed by atoms with van der Waals surface area (Å²) < 4.78 is 0. The van der Waals surface area contributed by atoms with E-state index in [0.29, 0.717) is 17.8 Å². The van der Waals surface area contributed by atoms with Crippen molar-refractivity contribution in [2.75, 3.05) is 18.0 Å². The smallest absolute Gasteiger partial charge is 0.151 e. The molecule has 8 heteroatoms. The minimum atomic E-state index is -0.393. The zero-order valence-electron chi connectivity index (χ0n) is 14.6. The molecule has 0 amide bonds. The van der Waals surface area contributed by atoms with Crippen LogP contribution in [0.5, 0.6) is 0 Å². The first-order chi connectivity index (χ1) is 13.2. The molecule has 3 heterocycles. The number of halogens is 1. The van der Waals surface area contributed by atoms with Gasteiger partial charge in [-0.05, 0) is 43.0 Å². The van der Waals surface area contributed by atoms with Crippen LogP contribution in [-0.2, 0) is 6.42 Å². The van der Waals surface area contributed by atoms with Crippen molar-refractivity contribution in [1.29, 1.82) is 5.26 Å². The summed E-state index contributed by atoms with van der Waals surface area (Å²) in [7, 11) is 0. The van der Waals surface area contributed by atoms with Crippen LogP contribution in [0.15, 0.2) is 42.6 Å². The summed E-state index contributed by atoms with van der Waals surface area (Å²) in [5, 5.41) is 29.5. The number of H-pyrrole nitrogens is 1. The molecule has 0 saturated carbocycles. The molecule has 2 aromatic heterocycles. The van der Waals surface area contributed by atoms with Crippen LogP contribution in [0.4, 0.5) is 5.82 Å². The third-order valence-corrected chi connectivity index (χ3v) is 5.47. The van der Waals surface area contributed by atoms with E-state index in [1.54, 1.807) is 6.20 Å². The SMILES string of the molecule is N#CC1(Cc2ccccc2Cl)CCN(c2ccc(-c3cn[nH]n3)nn2)CC1. The maximum Gasteiger partial charge on any atom is 0.151 e. The Labute approximate surface area is 162 Å². The van der Waals surface area contributed by atoms with E-state index < -0.39 is 5.41 Å². The summed E-state index contributed by atoms with van der Waals surface area (Å²) in [6, 6.07) is 14.1. The van der Waals surface area contributed by atoms with E-state index in [0.717, 1.165) is 42.3 Å². The van der Waals surface area contributed by atoms with Gasteiger partial charge in [-0.15, -0.1) is 10.2 Å². The van der Waals surface area contributed by atoms with E-state index >= 15 is 0 Å². The Balaban J connectivity index is 1.44. The van der Waals surface area contributed by atoms with Crippen LogP contribution in [0.1, 0.15) is 18.4 Å². The van der Waals surface area contributed by atoms with Crippen molar-refractivity contribution < 1.29 is 0 Å². The lowest BCUT2D eigenvalue weighted by Crippen LogP contribution is -2.41. The molecule has 1 fully saturated rings. The first-order valence-corrected chi connectivity index (χ1v) is 9.16. The van der Waals surface area contributed by atoms with Crippen molar-refractivity contribution in [3.05, 3.63) is 53.2 Å². The number of piperidine rings is 1. The van der Waals surface area contributed by atoms with Gasteiger partial charge in [0.05, 0.1) is 17.7 Å². The number of hydrogen-bond acceptors (Lipinski definition) is 6. The molecule has 1 aliphatic rings. The van der Waals surface area contributed by atoms with Gasteiger partial charge in [0, 0.05) is 18.1 Å². The van der Waals surface area contributed by atoms with E-state index in [-0.39, 0.29) is 0 Å². The van der Waals surface area contributed by atoms with Crippen LogP contribution in [0.25, 0.3) is 11.4 Å². The second-order valence-electron chi connectivity index (χ2n) is 6.78. The van der Waals surface area contributed by atoms with Crippen molar-refractivity contribution in [3.8, 4) is 17.5 Å². The monoisotopic (exact) mass is 379 g/mol. The molecule has 1 aliphatic heterocycles. The number of hydrogen-bond donors (Lipinski definition) is 1. The molecule has 1 aromatic carbocycles. The van der Waals surface area contributed by atoms with Crippen LogP contribution in [0.2, 0.25) is 5.02 Å². The average Bonchev–Trinajstić information content (AvgIpc) is 3.25. The zero-order chi connectivity index (χ0) is 18.7. The third kappa shape index (κ3) is 3.62. The van der Waals surface area contributed by atoms with Crippen LogP contribution >= 0.6 is 11.6 Å². The van der Waals surface area contributed by atoms with Gasteiger partial charge < -0.3 is 4.90 Å². The standard InChI is InChI=1S/C19H18ClN7/c20-15-4-2-1-3-14(15)11-19(13-21)7-9-27(10-8-19)18-6-5-16(23-25-18)17-12-22-26-24-17/h1-6,12H,7-11H2,(H,22,24,26). The molecule has 7 nitrogen and oxygen atoms in total. The molecule has 3 aromatic rings. The second kappa shape index (κ2) is 7.33. The van der Waals surface area contributed by atoms with Gasteiger partial charge in [-0.3, -0.25) is 0 Å². The highest BCUT2D eigenvalue weighted by atomic mass is 35.5. The highest BCUT2D eigenvalue weighted by Gasteiger charge is 2.35. The number of benzene rings is 1. The molecule has 0 bridgehead atoms. The Morgan fingerprint density at radius 2 is 1.93 bits per heavy atom. The zero-order valence-corrected chi connectivity index (χ0v) is 15.4. The Bertz CT molecular complexity index is 939. The molecule has 0 atom stereocenters. The van der Waals surface area contributed by atoms with Crippen molar-refractivity contribution in [2.45, 2.75) is 19.3 Å². The van der Waals surface area contributed by atoms with Gasteiger partial charge in [-0.1, -0.05) is 29.8 Å². The average molecular weight is 380 g/mol. The number of anilines is 1. The van der Waals surface area contributed by atoms with Crippen molar-refractivity contribution in [3.63, 3.8) is 0 Å². The van der Waals surface area contributed by atoms with E-state index in [9.17, 15) is 5.26 Å². The van der Waals surface area contributed by atoms with Gasteiger partial charge in [0.25, 0.3) is 0 Å².